The van der Waals surface area contributed by atoms with Gasteiger partial charge >= 0.3 is 0 Å². The van der Waals surface area contributed by atoms with Crippen molar-refractivity contribution in [1.29, 1.82) is 0 Å². The first kappa shape index (κ1) is 22.1. The van der Waals surface area contributed by atoms with Gasteiger partial charge in [-0.15, -0.1) is 0 Å². The van der Waals surface area contributed by atoms with Crippen molar-refractivity contribution in [2.45, 2.75) is 58.2 Å². The summed E-state index contributed by atoms with van der Waals surface area (Å²) in [5.74, 6) is 1.52. The van der Waals surface area contributed by atoms with Crippen molar-refractivity contribution in [1.82, 2.24) is 14.7 Å². The van der Waals surface area contributed by atoms with E-state index in [2.05, 4.69) is 24.3 Å². The molecule has 1 amide bonds. The number of aryl methyl sites for hydroxylation is 1. The number of nitrogens with one attached hydrogen (secondary N) is 1. The molecular weight excluding hydrogens is 400 g/mol. The van der Waals surface area contributed by atoms with E-state index in [9.17, 15) is 9.59 Å². The number of rotatable bonds is 9. The van der Waals surface area contributed by atoms with E-state index < -0.39 is 0 Å². The summed E-state index contributed by atoms with van der Waals surface area (Å²) in [6.45, 7) is 8.20. The molecule has 3 aromatic rings. The Balaban J connectivity index is 1.82. The maximum absolute atomic E-state index is 13.2. The molecule has 1 aromatic carbocycles. The lowest BCUT2D eigenvalue weighted by Crippen LogP contribution is -2.27. The van der Waals surface area contributed by atoms with E-state index in [0.717, 1.165) is 19.3 Å². The number of thioether (sulfide) groups is 1. The fourth-order valence-electron chi connectivity index (χ4n) is 3.30. The van der Waals surface area contributed by atoms with E-state index in [-0.39, 0.29) is 23.3 Å². The number of benzene rings is 1. The zero-order valence-electron chi connectivity index (χ0n) is 17.8. The van der Waals surface area contributed by atoms with E-state index >= 15 is 0 Å². The molecular formula is C22H28N4O3S. The monoisotopic (exact) mass is 428 g/mol. The Bertz CT molecular complexity index is 1070. The van der Waals surface area contributed by atoms with Crippen LogP contribution in [-0.2, 0) is 4.79 Å². The predicted molar refractivity (Wildman–Crippen MR) is 120 cm³/mol. The van der Waals surface area contributed by atoms with Crippen molar-refractivity contribution in [2.24, 2.45) is 5.92 Å². The van der Waals surface area contributed by atoms with Gasteiger partial charge in [-0.25, -0.2) is 4.98 Å². The van der Waals surface area contributed by atoms with Crippen LogP contribution in [0, 0.1) is 12.8 Å². The van der Waals surface area contributed by atoms with Crippen LogP contribution >= 0.6 is 11.8 Å². The van der Waals surface area contributed by atoms with Crippen LogP contribution < -0.4 is 10.9 Å². The van der Waals surface area contributed by atoms with Gasteiger partial charge in [0, 0.05) is 12.1 Å². The number of hydrogen-bond donors (Lipinski definition) is 1. The second-order valence-corrected chi connectivity index (χ2v) is 8.86. The minimum Gasteiger partial charge on any atom is -0.360 e. The summed E-state index contributed by atoms with van der Waals surface area (Å²) in [5, 5.41) is 7.63. The summed E-state index contributed by atoms with van der Waals surface area (Å²) < 4.78 is 6.70. The molecule has 160 valence electrons. The van der Waals surface area contributed by atoms with E-state index in [4.69, 9.17) is 9.51 Å². The van der Waals surface area contributed by atoms with Crippen LogP contribution in [0.1, 0.15) is 51.8 Å². The van der Waals surface area contributed by atoms with Crippen molar-refractivity contribution in [2.75, 3.05) is 11.1 Å². The molecule has 1 atom stereocenters. The minimum absolute atomic E-state index is 0.00268. The van der Waals surface area contributed by atoms with Crippen LogP contribution in [0.2, 0.25) is 0 Å². The molecule has 0 radical (unpaired) electrons. The Morgan fingerprint density at radius 2 is 2.00 bits per heavy atom. The van der Waals surface area contributed by atoms with Gasteiger partial charge in [0.15, 0.2) is 11.0 Å². The van der Waals surface area contributed by atoms with Crippen LogP contribution in [-0.4, -0.2) is 26.4 Å². The number of hydrogen-bond acceptors (Lipinski definition) is 6. The number of para-hydroxylation sites is 1. The first-order valence-corrected chi connectivity index (χ1v) is 11.2. The lowest BCUT2D eigenvalue weighted by Gasteiger charge is -2.20. The molecule has 0 saturated heterocycles. The molecule has 0 aliphatic heterocycles. The van der Waals surface area contributed by atoms with Crippen LogP contribution in [0.4, 0.5) is 5.82 Å². The van der Waals surface area contributed by atoms with Gasteiger partial charge in [0.05, 0.1) is 16.7 Å². The lowest BCUT2D eigenvalue weighted by atomic mass is 10.0. The van der Waals surface area contributed by atoms with Gasteiger partial charge in [-0.1, -0.05) is 55.7 Å². The maximum Gasteiger partial charge on any atom is 0.262 e. The summed E-state index contributed by atoms with van der Waals surface area (Å²) in [7, 11) is 0. The Hall–Kier alpha value is -2.61. The van der Waals surface area contributed by atoms with E-state index in [1.54, 1.807) is 23.6 Å². The molecule has 1 unspecified atom stereocenters. The van der Waals surface area contributed by atoms with Crippen molar-refractivity contribution < 1.29 is 9.32 Å². The third kappa shape index (κ3) is 5.50. The molecule has 0 saturated carbocycles. The predicted octanol–water partition coefficient (Wildman–Crippen LogP) is 4.81. The van der Waals surface area contributed by atoms with Gasteiger partial charge in [0.25, 0.3) is 5.56 Å². The summed E-state index contributed by atoms with van der Waals surface area (Å²) >= 11 is 1.26. The highest BCUT2D eigenvalue weighted by Gasteiger charge is 2.18. The fraction of sp³-hybridized carbons (Fsp3) is 0.455. The fourth-order valence-corrected chi connectivity index (χ4v) is 4.20. The SMILES string of the molecule is Cc1cc(NC(=O)CSc2nc3ccccc3c(=O)n2C(C)CCCC(C)C)no1. The number of carbonyl (C=O) groups excluding carboxylic acids is 1. The summed E-state index contributed by atoms with van der Waals surface area (Å²) in [5.41, 5.74) is 0.579. The molecule has 0 aliphatic rings. The highest BCUT2D eigenvalue weighted by molar-refractivity contribution is 7.99. The van der Waals surface area contributed by atoms with Gasteiger partial charge in [-0.3, -0.25) is 14.2 Å². The van der Waals surface area contributed by atoms with Crippen molar-refractivity contribution >= 4 is 34.4 Å². The third-order valence-electron chi connectivity index (χ3n) is 4.85. The molecule has 8 heteroatoms. The Morgan fingerprint density at radius 1 is 1.23 bits per heavy atom. The molecule has 30 heavy (non-hydrogen) atoms. The minimum atomic E-state index is -0.227. The second kappa shape index (κ2) is 9.93. The zero-order valence-corrected chi connectivity index (χ0v) is 18.7. The maximum atomic E-state index is 13.2. The quantitative estimate of drug-likeness (QED) is 0.388. The standard InChI is InChI=1S/C22H28N4O3S/c1-14(2)8-7-9-15(3)26-21(28)17-10-5-6-11-18(17)23-22(26)30-13-20(27)24-19-12-16(4)29-25-19/h5-6,10-12,14-15H,7-9,13H2,1-4H3,(H,24,25,27). The highest BCUT2D eigenvalue weighted by Crippen LogP contribution is 2.24. The Morgan fingerprint density at radius 3 is 2.70 bits per heavy atom. The number of nitrogens with zero attached hydrogens (tertiary/aromatic N) is 3. The summed E-state index contributed by atoms with van der Waals surface area (Å²) in [6.07, 6.45) is 3.03. The molecule has 0 spiro atoms. The molecule has 2 aromatic heterocycles. The topological polar surface area (TPSA) is 90.0 Å². The van der Waals surface area contributed by atoms with Gasteiger partial charge in [0.2, 0.25) is 5.91 Å². The number of carbonyl (C=O) groups is 1. The number of fused-ring (bicyclic) bond motifs is 1. The van der Waals surface area contributed by atoms with Gasteiger partial charge in [0.1, 0.15) is 5.76 Å². The first-order chi connectivity index (χ1) is 14.3. The van der Waals surface area contributed by atoms with Gasteiger partial charge in [-0.2, -0.15) is 0 Å². The van der Waals surface area contributed by atoms with E-state index in [0.29, 0.717) is 33.6 Å². The number of anilines is 1. The zero-order chi connectivity index (χ0) is 21.7. The Kier molecular flexibility index (Phi) is 7.31. The Labute approximate surface area is 180 Å². The van der Waals surface area contributed by atoms with Crippen molar-refractivity contribution in [3.63, 3.8) is 0 Å². The van der Waals surface area contributed by atoms with Crippen LogP contribution in [0.5, 0.6) is 0 Å². The largest absolute Gasteiger partial charge is 0.360 e. The molecule has 7 nitrogen and oxygen atoms in total. The molecule has 1 N–H and O–H groups in total. The normalized spacial score (nSPS) is 12.4. The molecule has 0 aliphatic carbocycles. The van der Waals surface area contributed by atoms with Gasteiger partial charge < -0.3 is 9.84 Å². The van der Waals surface area contributed by atoms with Crippen molar-refractivity contribution in [3.05, 3.63) is 46.4 Å². The number of amides is 1. The van der Waals surface area contributed by atoms with Crippen LogP contribution in [0.25, 0.3) is 10.9 Å². The average molecular weight is 429 g/mol. The van der Waals surface area contributed by atoms with Crippen LogP contribution in [0.15, 0.2) is 44.8 Å². The van der Waals surface area contributed by atoms with Gasteiger partial charge in [-0.05, 0) is 38.3 Å². The summed E-state index contributed by atoms with van der Waals surface area (Å²) in [4.78, 5) is 30.3. The summed E-state index contributed by atoms with van der Waals surface area (Å²) in [6, 6.07) is 8.99. The second-order valence-electron chi connectivity index (χ2n) is 7.92. The highest BCUT2D eigenvalue weighted by atomic mass is 32.2. The number of aromatic nitrogens is 3. The van der Waals surface area contributed by atoms with Crippen LogP contribution in [0.3, 0.4) is 0 Å². The average Bonchev–Trinajstić information content (AvgIpc) is 3.10. The first-order valence-electron chi connectivity index (χ1n) is 10.2. The molecule has 0 bridgehead atoms. The van der Waals surface area contributed by atoms with Crippen molar-refractivity contribution in [3.8, 4) is 0 Å². The van der Waals surface area contributed by atoms with E-state index in [1.165, 1.54) is 11.8 Å². The molecule has 3 rings (SSSR count). The van der Waals surface area contributed by atoms with E-state index in [1.807, 2.05) is 25.1 Å². The lowest BCUT2D eigenvalue weighted by molar-refractivity contribution is -0.113. The smallest absolute Gasteiger partial charge is 0.262 e. The molecule has 2 heterocycles. The molecule has 0 fully saturated rings. The third-order valence-corrected chi connectivity index (χ3v) is 5.80.